The van der Waals surface area contributed by atoms with Crippen molar-refractivity contribution in [1.82, 2.24) is 14.8 Å². The number of hydrogen-bond acceptors (Lipinski definition) is 4. The number of aryl methyl sites for hydroxylation is 1. The molecule has 1 fully saturated rings. The lowest BCUT2D eigenvalue weighted by atomic mass is 10.2. The van der Waals surface area contributed by atoms with Gasteiger partial charge in [-0.2, -0.15) is 0 Å². The van der Waals surface area contributed by atoms with E-state index in [4.69, 9.17) is 11.6 Å². The first-order valence-corrected chi connectivity index (χ1v) is 8.37. The molecule has 24 heavy (non-hydrogen) atoms. The van der Waals surface area contributed by atoms with Gasteiger partial charge in [0.1, 0.15) is 0 Å². The van der Waals surface area contributed by atoms with Crippen molar-refractivity contribution in [2.45, 2.75) is 6.92 Å². The standard InChI is InChI=1S/C18H21ClN4O/c1-13-3-4-15(10-17(13)19)21-16-9-14(11-20-12-16)18(24)23-7-5-22(2)6-8-23/h3-4,9-12,21H,5-8H2,1-2H3. The normalized spacial score (nSPS) is 15.4. The number of anilines is 2. The van der Waals surface area contributed by atoms with Gasteiger partial charge < -0.3 is 15.1 Å². The van der Waals surface area contributed by atoms with E-state index in [0.29, 0.717) is 10.6 Å². The summed E-state index contributed by atoms with van der Waals surface area (Å²) in [4.78, 5) is 20.9. The molecule has 1 N–H and O–H groups in total. The number of amides is 1. The van der Waals surface area contributed by atoms with Crippen LogP contribution < -0.4 is 5.32 Å². The number of rotatable bonds is 3. The van der Waals surface area contributed by atoms with Gasteiger partial charge in [0.05, 0.1) is 17.4 Å². The molecule has 1 aromatic heterocycles. The Morgan fingerprint density at radius 3 is 2.58 bits per heavy atom. The largest absolute Gasteiger partial charge is 0.354 e. The molecular weight excluding hydrogens is 324 g/mol. The Bertz CT molecular complexity index is 742. The minimum absolute atomic E-state index is 0.0289. The second kappa shape index (κ2) is 7.20. The molecule has 5 nitrogen and oxygen atoms in total. The summed E-state index contributed by atoms with van der Waals surface area (Å²) in [6.45, 7) is 5.27. The predicted octanol–water partition coefficient (Wildman–Crippen LogP) is 3.17. The number of piperazine rings is 1. The number of likely N-dealkylation sites (N-methyl/N-ethyl adjacent to an activating group) is 1. The summed E-state index contributed by atoms with van der Waals surface area (Å²) in [5.74, 6) is 0.0289. The molecule has 0 atom stereocenters. The number of hydrogen-bond donors (Lipinski definition) is 1. The van der Waals surface area contributed by atoms with E-state index >= 15 is 0 Å². The fourth-order valence-electron chi connectivity index (χ4n) is 2.65. The zero-order chi connectivity index (χ0) is 17.1. The van der Waals surface area contributed by atoms with E-state index in [-0.39, 0.29) is 5.91 Å². The summed E-state index contributed by atoms with van der Waals surface area (Å²) in [7, 11) is 2.07. The van der Waals surface area contributed by atoms with Crippen molar-refractivity contribution in [1.29, 1.82) is 0 Å². The number of aromatic nitrogens is 1. The van der Waals surface area contributed by atoms with E-state index < -0.39 is 0 Å². The van der Waals surface area contributed by atoms with Gasteiger partial charge in [-0.3, -0.25) is 9.78 Å². The monoisotopic (exact) mass is 344 g/mol. The molecule has 1 aromatic carbocycles. The van der Waals surface area contributed by atoms with Crippen molar-refractivity contribution in [3.8, 4) is 0 Å². The van der Waals surface area contributed by atoms with Crippen molar-refractivity contribution in [3.05, 3.63) is 52.8 Å². The number of halogens is 1. The van der Waals surface area contributed by atoms with Gasteiger partial charge in [-0.25, -0.2) is 0 Å². The number of benzene rings is 1. The third-order valence-electron chi connectivity index (χ3n) is 4.24. The second-order valence-electron chi connectivity index (χ2n) is 6.15. The van der Waals surface area contributed by atoms with Crippen molar-refractivity contribution in [2.24, 2.45) is 0 Å². The maximum Gasteiger partial charge on any atom is 0.255 e. The molecule has 0 bridgehead atoms. The molecule has 2 aromatic rings. The molecule has 0 aliphatic carbocycles. The first-order valence-electron chi connectivity index (χ1n) is 7.99. The third kappa shape index (κ3) is 3.86. The van der Waals surface area contributed by atoms with E-state index in [9.17, 15) is 4.79 Å². The minimum Gasteiger partial charge on any atom is -0.354 e. The van der Waals surface area contributed by atoms with Crippen LogP contribution in [0.2, 0.25) is 5.02 Å². The quantitative estimate of drug-likeness (QED) is 0.929. The summed E-state index contributed by atoms with van der Waals surface area (Å²) in [6.07, 6.45) is 3.32. The van der Waals surface area contributed by atoms with Crippen molar-refractivity contribution in [3.63, 3.8) is 0 Å². The van der Waals surface area contributed by atoms with Gasteiger partial charge in [-0.05, 0) is 37.7 Å². The van der Waals surface area contributed by atoms with Crippen LogP contribution in [-0.4, -0.2) is 53.9 Å². The van der Waals surface area contributed by atoms with Crippen LogP contribution in [0.25, 0.3) is 0 Å². The van der Waals surface area contributed by atoms with Gasteiger partial charge in [-0.15, -0.1) is 0 Å². The van der Waals surface area contributed by atoms with Crippen LogP contribution >= 0.6 is 11.6 Å². The summed E-state index contributed by atoms with van der Waals surface area (Å²) in [5, 5.41) is 3.96. The molecule has 126 valence electrons. The van der Waals surface area contributed by atoms with E-state index in [2.05, 4.69) is 22.2 Å². The first kappa shape index (κ1) is 16.7. The van der Waals surface area contributed by atoms with E-state index in [1.54, 1.807) is 12.4 Å². The molecular formula is C18H21ClN4O. The van der Waals surface area contributed by atoms with Gasteiger partial charge >= 0.3 is 0 Å². The van der Waals surface area contributed by atoms with Crippen molar-refractivity contribution >= 4 is 28.9 Å². The molecule has 1 aliphatic rings. The Balaban J connectivity index is 1.73. The fraction of sp³-hybridized carbons (Fsp3) is 0.333. The average Bonchev–Trinajstić information content (AvgIpc) is 2.58. The van der Waals surface area contributed by atoms with Crippen molar-refractivity contribution in [2.75, 3.05) is 38.5 Å². The molecule has 0 saturated carbocycles. The van der Waals surface area contributed by atoms with Gasteiger partial charge in [0.25, 0.3) is 5.91 Å². The van der Waals surface area contributed by atoms with Crippen LogP contribution in [0.4, 0.5) is 11.4 Å². The number of nitrogens with one attached hydrogen (secondary N) is 1. The molecule has 1 aliphatic heterocycles. The molecule has 1 amide bonds. The number of carbonyl (C=O) groups is 1. The Labute approximate surface area is 147 Å². The zero-order valence-corrected chi connectivity index (χ0v) is 14.7. The average molecular weight is 345 g/mol. The molecule has 0 unspecified atom stereocenters. The summed E-state index contributed by atoms with van der Waals surface area (Å²) in [5.41, 5.74) is 3.27. The maximum absolute atomic E-state index is 12.6. The summed E-state index contributed by atoms with van der Waals surface area (Å²) >= 11 is 6.15. The Morgan fingerprint density at radius 2 is 1.88 bits per heavy atom. The van der Waals surface area contributed by atoms with E-state index in [0.717, 1.165) is 43.1 Å². The van der Waals surface area contributed by atoms with Crippen molar-refractivity contribution < 1.29 is 4.79 Å². The third-order valence-corrected chi connectivity index (χ3v) is 4.64. The topological polar surface area (TPSA) is 48.5 Å². The maximum atomic E-state index is 12.6. The molecule has 0 spiro atoms. The fourth-order valence-corrected chi connectivity index (χ4v) is 2.84. The number of carbonyl (C=O) groups excluding carboxylic acids is 1. The van der Waals surface area contributed by atoms with Crippen LogP contribution in [0.3, 0.4) is 0 Å². The van der Waals surface area contributed by atoms with Crippen LogP contribution in [-0.2, 0) is 0 Å². The summed E-state index contributed by atoms with van der Waals surface area (Å²) < 4.78 is 0. The lowest BCUT2D eigenvalue weighted by molar-refractivity contribution is 0.0663. The van der Waals surface area contributed by atoms with Gasteiger partial charge in [0.2, 0.25) is 0 Å². The van der Waals surface area contributed by atoms with E-state index in [1.807, 2.05) is 36.1 Å². The van der Waals surface area contributed by atoms with E-state index in [1.165, 1.54) is 0 Å². The molecule has 0 radical (unpaired) electrons. The highest BCUT2D eigenvalue weighted by atomic mass is 35.5. The van der Waals surface area contributed by atoms with Crippen LogP contribution in [0, 0.1) is 6.92 Å². The van der Waals surface area contributed by atoms with Crippen LogP contribution in [0.15, 0.2) is 36.7 Å². The van der Waals surface area contributed by atoms with Crippen LogP contribution in [0.5, 0.6) is 0 Å². The van der Waals surface area contributed by atoms with Crippen LogP contribution in [0.1, 0.15) is 15.9 Å². The Kier molecular flexibility index (Phi) is 5.02. The molecule has 1 saturated heterocycles. The van der Waals surface area contributed by atoms with Gasteiger partial charge in [0, 0.05) is 43.1 Å². The lowest BCUT2D eigenvalue weighted by Gasteiger charge is -2.32. The van der Waals surface area contributed by atoms with Gasteiger partial charge in [-0.1, -0.05) is 17.7 Å². The summed E-state index contributed by atoms with van der Waals surface area (Å²) in [6, 6.07) is 7.61. The SMILES string of the molecule is Cc1ccc(Nc2cncc(C(=O)N3CCN(C)CC3)c2)cc1Cl. The molecule has 6 heteroatoms. The Morgan fingerprint density at radius 1 is 1.12 bits per heavy atom. The second-order valence-corrected chi connectivity index (χ2v) is 6.55. The highest BCUT2D eigenvalue weighted by molar-refractivity contribution is 6.31. The molecule has 3 rings (SSSR count). The smallest absolute Gasteiger partial charge is 0.255 e. The highest BCUT2D eigenvalue weighted by Gasteiger charge is 2.20. The zero-order valence-electron chi connectivity index (χ0n) is 13.9. The first-order chi connectivity index (χ1) is 11.5. The number of nitrogens with zero attached hydrogens (tertiary/aromatic N) is 3. The minimum atomic E-state index is 0.0289. The van der Waals surface area contributed by atoms with Gasteiger partial charge in [0.15, 0.2) is 0 Å². The Hall–Kier alpha value is -2.11. The number of pyridine rings is 1. The highest BCUT2D eigenvalue weighted by Crippen LogP contribution is 2.23. The lowest BCUT2D eigenvalue weighted by Crippen LogP contribution is -2.47. The predicted molar refractivity (Wildman–Crippen MR) is 97.1 cm³/mol. The molecule has 2 heterocycles.